The van der Waals surface area contributed by atoms with Crippen LogP contribution in [0.15, 0.2) is 65.6 Å². The number of carbonyl (C=O) groups excluding carboxylic acids is 1. The Labute approximate surface area is 173 Å². The van der Waals surface area contributed by atoms with Crippen LogP contribution in [0.25, 0.3) is 5.69 Å². The number of methoxy groups -OCH3 is 1. The van der Waals surface area contributed by atoms with E-state index in [0.29, 0.717) is 36.7 Å². The zero-order valence-electron chi connectivity index (χ0n) is 16.5. The molecular weight excluding hydrogens is 387 g/mol. The van der Waals surface area contributed by atoms with Gasteiger partial charge in [0.2, 0.25) is 0 Å². The van der Waals surface area contributed by atoms with Crippen LogP contribution in [0.2, 0.25) is 0 Å². The highest BCUT2D eigenvalue weighted by Gasteiger charge is 2.22. The summed E-state index contributed by atoms with van der Waals surface area (Å²) in [5, 5.41) is 0. The third-order valence-electron chi connectivity index (χ3n) is 5.12. The van der Waals surface area contributed by atoms with Gasteiger partial charge < -0.3 is 14.4 Å². The van der Waals surface area contributed by atoms with Gasteiger partial charge in [-0.2, -0.15) is 0 Å². The van der Waals surface area contributed by atoms with Gasteiger partial charge in [0.1, 0.15) is 17.3 Å². The number of carbonyl (C=O) groups is 1. The molecule has 1 aliphatic heterocycles. The minimum atomic E-state index is -0.363. The molecule has 0 fully saturated rings. The fourth-order valence-electron chi connectivity index (χ4n) is 3.45. The molecule has 2 aromatic carbocycles. The minimum absolute atomic E-state index is 0.0702. The van der Waals surface area contributed by atoms with Gasteiger partial charge in [-0.3, -0.25) is 14.2 Å². The molecule has 0 saturated heterocycles. The standard InChI is InChI=1S/C23H21FN2O4/c1-29-20-6-8-21(9-7-20)30-15-23(28)25-11-10-16-12-22(27)26(14-17(16)13-25)19-4-2-18(24)3-5-19/h2-9,12,14H,10-11,13,15H2,1H3. The highest BCUT2D eigenvalue weighted by Crippen LogP contribution is 2.20. The molecule has 0 radical (unpaired) electrons. The molecule has 0 saturated carbocycles. The molecule has 0 aliphatic carbocycles. The molecule has 0 spiro atoms. The van der Waals surface area contributed by atoms with E-state index in [1.54, 1.807) is 60.7 Å². The summed E-state index contributed by atoms with van der Waals surface area (Å²) >= 11 is 0. The lowest BCUT2D eigenvalue weighted by Crippen LogP contribution is -2.39. The maximum Gasteiger partial charge on any atom is 0.260 e. The van der Waals surface area contributed by atoms with Crippen molar-refractivity contribution in [3.8, 4) is 17.2 Å². The normalized spacial score (nSPS) is 12.9. The van der Waals surface area contributed by atoms with Crippen LogP contribution in [0.3, 0.4) is 0 Å². The van der Waals surface area contributed by atoms with E-state index in [-0.39, 0.29) is 23.9 Å². The zero-order valence-corrected chi connectivity index (χ0v) is 16.5. The number of hydrogen-bond acceptors (Lipinski definition) is 4. The van der Waals surface area contributed by atoms with Crippen molar-refractivity contribution < 1.29 is 18.7 Å². The number of hydrogen-bond donors (Lipinski definition) is 0. The van der Waals surface area contributed by atoms with Crippen LogP contribution in [0.1, 0.15) is 11.1 Å². The van der Waals surface area contributed by atoms with Crippen LogP contribution in [0, 0.1) is 5.82 Å². The van der Waals surface area contributed by atoms with E-state index in [1.165, 1.54) is 16.7 Å². The SMILES string of the molecule is COc1ccc(OCC(=O)N2CCc3cc(=O)n(-c4ccc(F)cc4)cc3C2)cc1. The smallest absolute Gasteiger partial charge is 0.260 e. The average molecular weight is 408 g/mol. The molecule has 0 bridgehead atoms. The van der Waals surface area contributed by atoms with E-state index in [1.807, 2.05) is 0 Å². The summed E-state index contributed by atoms with van der Waals surface area (Å²) in [6, 6.07) is 14.4. The van der Waals surface area contributed by atoms with Gasteiger partial charge in [0, 0.05) is 31.0 Å². The van der Waals surface area contributed by atoms with Crippen molar-refractivity contribution in [1.29, 1.82) is 0 Å². The number of pyridine rings is 1. The molecule has 0 N–H and O–H groups in total. The Kier molecular flexibility index (Phi) is 5.52. The largest absolute Gasteiger partial charge is 0.497 e. The average Bonchev–Trinajstić information content (AvgIpc) is 2.77. The monoisotopic (exact) mass is 408 g/mol. The Hall–Kier alpha value is -3.61. The Bertz CT molecular complexity index is 1110. The van der Waals surface area contributed by atoms with Gasteiger partial charge in [0.25, 0.3) is 11.5 Å². The molecule has 2 heterocycles. The van der Waals surface area contributed by atoms with Crippen molar-refractivity contribution >= 4 is 5.91 Å². The number of rotatable bonds is 5. The highest BCUT2D eigenvalue weighted by atomic mass is 19.1. The summed E-state index contributed by atoms with van der Waals surface area (Å²) in [5.74, 6) is 0.814. The van der Waals surface area contributed by atoms with Crippen molar-refractivity contribution in [1.82, 2.24) is 9.47 Å². The molecule has 3 aromatic rings. The molecule has 1 amide bonds. The van der Waals surface area contributed by atoms with Crippen LogP contribution in [0.4, 0.5) is 4.39 Å². The Morgan fingerprint density at radius 2 is 1.73 bits per heavy atom. The first-order valence-corrected chi connectivity index (χ1v) is 9.58. The van der Waals surface area contributed by atoms with Crippen LogP contribution in [-0.4, -0.2) is 35.6 Å². The van der Waals surface area contributed by atoms with Gasteiger partial charge in [-0.05, 0) is 66.1 Å². The van der Waals surface area contributed by atoms with E-state index < -0.39 is 0 Å². The predicted octanol–water partition coefficient (Wildman–Crippen LogP) is 2.95. The number of fused-ring (bicyclic) bond motifs is 1. The molecular formula is C23H21FN2O4. The molecule has 1 aromatic heterocycles. The topological polar surface area (TPSA) is 60.8 Å². The fraction of sp³-hybridized carbons (Fsp3) is 0.217. The van der Waals surface area contributed by atoms with Gasteiger partial charge in [0.05, 0.1) is 7.11 Å². The summed E-state index contributed by atoms with van der Waals surface area (Å²) in [6.07, 6.45) is 2.33. The molecule has 1 aliphatic rings. The number of halogens is 1. The highest BCUT2D eigenvalue weighted by molar-refractivity contribution is 5.78. The summed E-state index contributed by atoms with van der Waals surface area (Å²) in [4.78, 5) is 26.8. The van der Waals surface area contributed by atoms with Crippen LogP contribution in [-0.2, 0) is 17.8 Å². The van der Waals surface area contributed by atoms with Gasteiger partial charge in [-0.1, -0.05) is 0 Å². The summed E-state index contributed by atoms with van der Waals surface area (Å²) in [5.41, 5.74) is 2.22. The van der Waals surface area contributed by atoms with Crippen molar-refractivity contribution in [2.45, 2.75) is 13.0 Å². The second-order valence-electron chi connectivity index (χ2n) is 7.04. The lowest BCUT2D eigenvalue weighted by Gasteiger charge is -2.29. The first-order valence-electron chi connectivity index (χ1n) is 9.58. The number of aromatic nitrogens is 1. The maximum atomic E-state index is 13.2. The molecule has 6 nitrogen and oxygen atoms in total. The summed E-state index contributed by atoms with van der Waals surface area (Å²) < 4.78 is 25.4. The Balaban J connectivity index is 1.46. The van der Waals surface area contributed by atoms with Gasteiger partial charge >= 0.3 is 0 Å². The van der Waals surface area contributed by atoms with E-state index in [9.17, 15) is 14.0 Å². The predicted molar refractivity (Wildman–Crippen MR) is 110 cm³/mol. The number of nitrogens with zero attached hydrogens (tertiary/aromatic N) is 2. The van der Waals surface area contributed by atoms with Crippen LogP contribution < -0.4 is 15.0 Å². The van der Waals surface area contributed by atoms with E-state index in [0.717, 1.165) is 11.1 Å². The quantitative estimate of drug-likeness (QED) is 0.651. The fourth-order valence-corrected chi connectivity index (χ4v) is 3.45. The molecule has 4 rings (SSSR count). The molecule has 0 atom stereocenters. The van der Waals surface area contributed by atoms with E-state index in [4.69, 9.17) is 9.47 Å². The van der Waals surface area contributed by atoms with Crippen molar-refractivity contribution in [3.05, 3.63) is 88.1 Å². The number of amides is 1. The minimum Gasteiger partial charge on any atom is -0.497 e. The van der Waals surface area contributed by atoms with Crippen LogP contribution in [0.5, 0.6) is 11.5 Å². The number of ether oxygens (including phenoxy) is 2. The molecule has 0 unspecified atom stereocenters. The lowest BCUT2D eigenvalue weighted by molar-refractivity contribution is -0.134. The molecule has 7 heteroatoms. The number of benzene rings is 2. The van der Waals surface area contributed by atoms with Crippen molar-refractivity contribution in [2.24, 2.45) is 0 Å². The van der Waals surface area contributed by atoms with Gasteiger partial charge in [0.15, 0.2) is 6.61 Å². The summed E-state index contributed by atoms with van der Waals surface area (Å²) in [6.45, 7) is 0.846. The van der Waals surface area contributed by atoms with Crippen molar-refractivity contribution in [3.63, 3.8) is 0 Å². The second-order valence-corrected chi connectivity index (χ2v) is 7.04. The van der Waals surface area contributed by atoms with Gasteiger partial charge in [-0.25, -0.2) is 4.39 Å². The Morgan fingerprint density at radius 3 is 2.43 bits per heavy atom. The van der Waals surface area contributed by atoms with E-state index >= 15 is 0 Å². The molecule has 30 heavy (non-hydrogen) atoms. The first-order chi connectivity index (χ1) is 14.5. The van der Waals surface area contributed by atoms with Crippen LogP contribution >= 0.6 is 0 Å². The lowest BCUT2D eigenvalue weighted by atomic mass is 10.0. The zero-order chi connectivity index (χ0) is 21.1. The maximum absolute atomic E-state index is 13.2. The van der Waals surface area contributed by atoms with E-state index in [2.05, 4.69) is 0 Å². The second kappa shape index (κ2) is 8.41. The summed E-state index contributed by atoms with van der Waals surface area (Å²) in [7, 11) is 1.59. The van der Waals surface area contributed by atoms with Gasteiger partial charge in [-0.15, -0.1) is 0 Å². The third kappa shape index (κ3) is 4.20. The van der Waals surface area contributed by atoms with Crippen molar-refractivity contribution in [2.75, 3.05) is 20.3 Å². The Morgan fingerprint density at radius 1 is 1.03 bits per heavy atom. The first kappa shape index (κ1) is 19.7. The third-order valence-corrected chi connectivity index (χ3v) is 5.12. The molecule has 154 valence electrons.